The van der Waals surface area contributed by atoms with E-state index in [1.807, 2.05) is 24.3 Å². The maximum absolute atomic E-state index is 12.1. The third-order valence-corrected chi connectivity index (χ3v) is 4.64. The molecule has 2 rings (SSSR count). The van der Waals surface area contributed by atoms with Crippen molar-refractivity contribution in [1.29, 1.82) is 5.26 Å². The number of rotatable bonds is 6. The van der Waals surface area contributed by atoms with E-state index in [0.717, 1.165) is 4.90 Å². The lowest BCUT2D eigenvalue weighted by atomic mass is 10.2. The monoisotopic (exact) mass is 376 g/mol. The van der Waals surface area contributed by atoms with Crippen molar-refractivity contribution in [2.75, 3.05) is 11.1 Å². The van der Waals surface area contributed by atoms with Gasteiger partial charge in [-0.25, -0.2) is 0 Å². The summed E-state index contributed by atoms with van der Waals surface area (Å²) >= 11 is 13.5. The third kappa shape index (κ3) is 5.61. The Bertz CT molecular complexity index is 800. The van der Waals surface area contributed by atoms with E-state index in [1.54, 1.807) is 24.3 Å². The highest BCUT2D eigenvalue weighted by atomic mass is 35.5. The SMILES string of the molecule is N#CCCSc1ccccc1NC(=O)/C=C/c1cc(Cl)ccc1Cl. The first-order valence-electron chi connectivity index (χ1n) is 7.13. The lowest BCUT2D eigenvalue weighted by Crippen LogP contribution is -2.08. The fourth-order valence-corrected chi connectivity index (χ4v) is 3.11. The van der Waals surface area contributed by atoms with E-state index in [9.17, 15) is 4.79 Å². The van der Waals surface area contributed by atoms with E-state index in [2.05, 4.69) is 11.4 Å². The number of nitrogens with zero attached hydrogens (tertiary/aromatic N) is 1. The van der Waals surface area contributed by atoms with Crippen LogP contribution >= 0.6 is 35.0 Å². The van der Waals surface area contributed by atoms with Gasteiger partial charge in [-0.2, -0.15) is 5.26 Å². The smallest absolute Gasteiger partial charge is 0.248 e. The van der Waals surface area contributed by atoms with Crippen LogP contribution in [-0.2, 0) is 4.79 Å². The van der Waals surface area contributed by atoms with Crippen LogP contribution in [0.2, 0.25) is 10.0 Å². The van der Waals surface area contributed by atoms with Crippen LogP contribution < -0.4 is 5.32 Å². The molecule has 1 amide bonds. The molecule has 1 N–H and O–H groups in total. The van der Waals surface area contributed by atoms with Gasteiger partial charge in [-0.3, -0.25) is 4.79 Å². The molecule has 0 spiro atoms. The van der Waals surface area contributed by atoms with Crippen molar-refractivity contribution in [3.05, 3.63) is 64.1 Å². The van der Waals surface area contributed by atoms with Crippen LogP contribution in [0.1, 0.15) is 12.0 Å². The summed E-state index contributed by atoms with van der Waals surface area (Å²) in [5.41, 5.74) is 1.39. The highest BCUT2D eigenvalue weighted by Gasteiger charge is 2.05. The third-order valence-electron chi connectivity index (χ3n) is 2.99. The Balaban J connectivity index is 2.06. The molecule has 0 aliphatic heterocycles. The fourth-order valence-electron chi connectivity index (χ4n) is 1.88. The number of amides is 1. The van der Waals surface area contributed by atoms with Crippen LogP contribution in [0.25, 0.3) is 6.08 Å². The number of anilines is 1. The van der Waals surface area contributed by atoms with Crippen LogP contribution in [0.15, 0.2) is 53.4 Å². The molecule has 0 atom stereocenters. The quantitative estimate of drug-likeness (QED) is 0.402. The van der Waals surface area contributed by atoms with Gasteiger partial charge in [0.15, 0.2) is 0 Å². The number of nitriles is 1. The molecule has 0 heterocycles. The van der Waals surface area contributed by atoms with Gasteiger partial charge < -0.3 is 5.32 Å². The van der Waals surface area contributed by atoms with Gasteiger partial charge in [-0.15, -0.1) is 11.8 Å². The number of halogens is 2. The number of nitrogens with one attached hydrogen (secondary N) is 1. The lowest BCUT2D eigenvalue weighted by molar-refractivity contribution is -0.111. The van der Waals surface area contributed by atoms with Crippen molar-refractivity contribution >= 4 is 52.6 Å². The fraction of sp³-hybridized carbons (Fsp3) is 0.111. The van der Waals surface area contributed by atoms with Crippen molar-refractivity contribution in [1.82, 2.24) is 0 Å². The summed E-state index contributed by atoms with van der Waals surface area (Å²) < 4.78 is 0. The van der Waals surface area contributed by atoms with Crippen LogP contribution in [-0.4, -0.2) is 11.7 Å². The standard InChI is InChI=1S/C18H14Cl2N2OS/c19-14-7-8-15(20)13(12-14)6-9-18(23)22-16-4-1-2-5-17(16)24-11-3-10-21/h1-2,4-9,12H,3,11H2,(H,22,23)/b9-6+. The Labute approximate surface area is 155 Å². The Morgan fingerprint density at radius 1 is 1.25 bits per heavy atom. The topological polar surface area (TPSA) is 52.9 Å². The molecule has 0 saturated carbocycles. The van der Waals surface area contributed by atoms with Crippen molar-refractivity contribution < 1.29 is 4.79 Å². The van der Waals surface area contributed by atoms with Crippen LogP contribution in [0.4, 0.5) is 5.69 Å². The molecule has 0 unspecified atom stereocenters. The van der Waals surface area contributed by atoms with Gasteiger partial charge in [0.25, 0.3) is 0 Å². The predicted molar refractivity (Wildman–Crippen MR) is 102 cm³/mol. The highest BCUT2D eigenvalue weighted by molar-refractivity contribution is 7.99. The molecule has 0 bridgehead atoms. The van der Waals surface area contributed by atoms with Gasteiger partial charge in [0, 0.05) is 33.2 Å². The highest BCUT2D eigenvalue weighted by Crippen LogP contribution is 2.27. The second kappa shape index (κ2) is 9.39. The van der Waals surface area contributed by atoms with Gasteiger partial charge in [0.05, 0.1) is 11.8 Å². The van der Waals surface area contributed by atoms with Crippen LogP contribution in [0, 0.1) is 11.3 Å². The zero-order valence-electron chi connectivity index (χ0n) is 12.6. The zero-order chi connectivity index (χ0) is 17.4. The molecule has 0 radical (unpaired) electrons. The Morgan fingerprint density at radius 3 is 2.83 bits per heavy atom. The zero-order valence-corrected chi connectivity index (χ0v) is 15.0. The number of hydrogen-bond donors (Lipinski definition) is 1. The summed E-state index contributed by atoms with van der Waals surface area (Å²) in [4.78, 5) is 13.1. The predicted octanol–water partition coefficient (Wildman–Crippen LogP) is 5.65. The average Bonchev–Trinajstić information content (AvgIpc) is 2.57. The van der Waals surface area contributed by atoms with Gasteiger partial charge in [0.2, 0.25) is 5.91 Å². The van der Waals surface area contributed by atoms with E-state index in [-0.39, 0.29) is 5.91 Å². The van der Waals surface area contributed by atoms with Gasteiger partial charge in [0.1, 0.15) is 0 Å². The Kier molecular flexibility index (Phi) is 7.20. The van der Waals surface area contributed by atoms with Gasteiger partial charge in [-0.1, -0.05) is 35.3 Å². The number of para-hydroxylation sites is 1. The second-order valence-electron chi connectivity index (χ2n) is 4.74. The molecule has 3 nitrogen and oxygen atoms in total. The Morgan fingerprint density at radius 2 is 2.04 bits per heavy atom. The average molecular weight is 377 g/mol. The van der Waals surface area contributed by atoms with E-state index in [4.69, 9.17) is 28.5 Å². The number of carbonyl (C=O) groups excluding carboxylic acids is 1. The number of benzene rings is 2. The molecular weight excluding hydrogens is 363 g/mol. The van der Waals surface area contributed by atoms with Gasteiger partial charge >= 0.3 is 0 Å². The molecule has 0 fully saturated rings. The largest absolute Gasteiger partial charge is 0.321 e. The molecule has 24 heavy (non-hydrogen) atoms. The number of hydrogen-bond acceptors (Lipinski definition) is 3. The van der Waals surface area contributed by atoms with E-state index in [0.29, 0.717) is 33.5 Å². The molecule has 2 aromatic carbocycles. The summed E-state index contributed by atoms with van der Waals surface area (Å²) in [6.45, 7) is 0. The van der Waals surface area contributed by atoms with Crippen molar-refractivity contribution in [3.63, 3.8) is 0 Å². The minimum Gasteiger partial charge on any atom is -0.321 e. The minimum absolute atomic E-state index is 0.264. The van der Waals surface area contributed by atoms with E-state index in [1.165, 1.54) is 17.8 Å². The van der Waals surface area contributed by atoms with Crippen LogP contribution in [0.3, 0.4) is 0 Å². The van der Waals surface area contributed by atoms with E-state index < -0.39 is 0 Å². The second-order valence-corrected chi connectivity index (χ2v) is 6.72. The first kappa shape index (κ1) is 18.4. The molecule has 2 aromatic rings. The molecule has 0 saturated heterocycles. The maximum atomic E-state index is 12.1. The molecule has 0 aliphatic rings. The van der Waals surface area contributed by atoms with Crippen LogP contribution in [0.5, 0.6) is 0 Å². The van der Waals surface area contributed by atoms with Crippen molar-refractivity contribution in [2.24, 2.45) is 0 Å². The first-order chi connectivity index (χ1) is 11.6. The molecule has 0 aromatic heterocycles. The number of thioether (sulfide) groups is 1. The summed E-state index contributed by atoms with van der Waals surface area (Å²) in [5, 5.41) is 12.5. The van der Waals surface area contributed by atoms with Crippen molar-refractivity contribution in [2.45, 2.75) is 11.3 Å². The lowest BCUT2D eigenvalue weighted by Gasteiger charge is -2.08. The number of carbonyl (C=O) groups is 1. The summed E-state index contributed by atoms with van der Waals surface area (Å²) in [6, 6.07) is 14.7. The molecule has 6 heteroatoms. The molecular formula is C18H14Cl2N2OS. The molecule has 0 aliphatic carbocycles. The Hall–Kier alpha value is -1.93. The first-order valence-corrected chi connectivity index (χ1v) is 8.87. The summed E-state index contributed by atoms with van der Waals surface area (Å²) in [5.74, 6) is 0.413. The maximum Gasteiger partial charge on any atom is 0.248 e. The summed E-state index contributed by atoms with van der Waals surface area (Å²) in [6.07, 6.45) is 3.49. The summed E-state index contributed by atoms with van der Waals surface area (Å²) in [7, 11) is 0. The van der Waals surface area contributed by atoms with Crippen molar-refractivity contribution in [3.8, 4) is 6.07 Å². The molecule has 122 valence electrons. The normalized spacial score (nSPS) is 10.5. The van der Waals surface area contributed by atoms with Gasteiger partial charge in [-0.05, 0) is 42.0 Å². The minimum atomic E-state index is -0.264. The van der Waals surface area contributed by atoms with E-state index >= 15 is 0 Å².